The first kappa shape index (κ1) is 19.9. The fourth-order valence-corrected chi connectivity index (χ4v) is 4.27. The van der Waals surface area contributed by atoms with Crippen LogP contribution < -0.4 is 0 Å². The van der Waals surface area contributed by atoms with Crippen molar-refractivity contribution in [2.75, 3.05) is 26.2 Å². The monoisotopic (exact) mass is 448 g/mol. The summed E-state index contributed by atoms with van der Waals surface area (Å²) < 4.78 is 1.09. The second kappa shape index (κ2) is 9.38. The molecule has 0 saturated carbocycles. The van der Waals surface area contributed by atoms with Crippen molar-refractivity contribution in [2.24, 2.45) is 0 Å². The fourth-order valence-electron chi connectivity index (χ4n) is 4.01. The lowest BCUT2D eigenvalue weighted by Crippen LogP contribution is -2.50. The molecule has 4 rings (SSSR count). The van der Waals surface area contributed by atoms with Crippen LogP contribution in [0.5, 0.6) is 0 Å². The average Bonchev–Trinajstić information content (AvgIpc) is 2.77. The van der Waals surface area contributed by atoms with E-state index in [4.69, 9.17) is 0 Å². The quantitative estimate of drug-likeness (QED) is 0.552. The number of carbonyl (C=O) groups excluding carboxylic acids is 1. The van der Waals surface area contributed by atoms with E-state index < -0.39 is 0 Å². The van der Waals surface area contributed by atoms with Crippen LogP contribution in [-0.2, 0) is 11.2 Å². The molecule has 0 radical (unpaired) electrons. The Morgan fingerprint density at radius 1 is 0.759 bits per heavy atom. The van der Waals surface area contributed by atoms with Gasteiger partial charge < -0.3 is 4.90 Å². The number of hydrogen-bond acceptors (Lipinski definition) is 2. The van der Waals surface area contributed by atoms with Gasteiger partial charge in [-0.25, -0.2) is 0 Å². The van der Waals surface area contributed by atoms with Crippen molar-refractivity contribution in [3.05, 3.63) is 106 Å². The minimum absolute atomic E-state index is 0.204. The largest absolute Gasteiger partial charge is 0.340 e. The first-order chi connectivity index (χ1) is 14.2. The molecular weight excluding hydrogens is 424 g/mol. The lowest BCUT2D eigenvalue weighted by Gasteiger charge is -2.40. The van der Waals surface area contributed by atoms with Crippen molar-refractivity contribution in [2.45, 2.75) is 12.5 Å². The molecule has 1 atom stereocenters. The van der Waals surface area contributed by atoms with Crippen LogP contribution in [-0.4, -0.2) is 41.9 Å². The van der Waals surface area contributed by atoms with Crippen LogP contribution in [0.3, 0.4) is 0 Å². The van der Waals surface area contributed by atoms with E-state index in [0.29, 0.717) is 6.42 Å². The highest BCUT2D eigenvalue weighted by atomic mass is 79.9. The highest BCUT2D eigenvalue weighted by molar-refractivity contribution is 9.10. The number of halogens is 1. The van der Waals surface area contributed by atoms with Crippen LogP contribution in [0.25, 0.3) is 0 Å². The maximum Gasteiger partial charge on any atom is 0.227 e. The van der Waals surface area contributed by atoms with E-state index >= 15 is 0 Å². The molecule has 3 aromatic carbocycles. The van der Waals surface area contributed by atoms with Crippen LogP contribution in [0.4, 0.5) is 0 Å². The zero-order chi connectivity index (χ0) is 20.1. The molecule has 0 spiro atoms. The molecule has 1 heterocycles. The Bertz CT molecular complexity index is 920. The Kier molecular flexibility index (Phi) is 6.43. The predicted octanol–water partition coefficient (Wildman–Crippen LogP) is 4.93. The molecule has 0 N–H and O–H groups in total. The minimum Gasteiger partial charge on any atom is -0.340 e. The molecule has 4 heteroatoms. The standard InChI is InChI=1S/C25H25BrN2O/c26-23-13-11-22(12-14-23)25(21-9-5-2-6-10-21)28-17-15-27(16-18-28)24(29)19-20-7-3-1-4-8-20/h1-14,25H,15-19H2/t25-/m1/s1. The molecule has 0 aliphatic carbocycles. The van der Waals surface area contributed by atoms with Crippen molar-refractivity contribution >= 4 is 21.8 Å². The van der Waals surface area contributed by atoms with Gasteiger partial charge in [0.1, 0.15) is 0 Å². The van der Waals surface area contributed by atoms with Gasteiger partial charge in [-0.15, -0.1) is 0 Å². The zero-order valence-corrected chi connectivity index (χ0v) is 18.0. The SMILES string of the molecule is O=C(Cc1ccccc1)N1CCN([C@H](c2ccccc2)c2ccc(Br)cc2)CC1. The normalized spacial score (nSPS) is 15.8. The Morgan fingerprint density at radius 3 is 1.93 bits per heavy atom. The summed E-state index contributed by atoms with van der Waals surface area (Å²) in [5, 5.41) is 0. The van der Waals surface area contributed by atoms with Crippen molar-refractivity contribution in [1.82, 2.24) is 9.80 Å². The van der Waals surface area contributed by atoms with Gasteiger partial charge in [-0.2, -0.15) is 0 Å². The summed E-state index contributed by atoms with van der Waals surface area (Å²) in [7, 11) is 0. The molecule has 1 fully saturated rings. The molecule has 3 aromatic rings. The van der Waals surface area contributed by atoms with Crippen molar-refractivity contribution in [3.8, 4) is 0 Å². The van der Waals surface area contributed by atoms with Crippen LogP contribution >= 0.6 is 15.9 Å². The van der Waals surface area contributed by atoms with Crippen molar-refractivity contribution in [3.63, 3.8) is 0 Å². The van der Waals surface area contributed by atoms with E-state index in [2.05, 4.69) is 75.4 Å². The molecule has 3 nitrogen and oxygen atoms in total. The predicted molar refractivity (Wildman–Crippen MR) is 121 cm³/mol. The number of benzene rings is 3. The molecule has 0 aromatic heterocycles. The number of amides is 1. The molecular formula is C25H25BrN2O. The summed E-state index contributed by atoms with van der Waals surface area (Å²) >= 11 is 3.54. The van der Waals surface area contributed by atoms with E-state index in [9.17, 15) is 4.79 Å². The molecule has 1 aliphatic heterocycles. The van der Waals surface area contributed by atoms with Gasteiger partial charge in [0.25, 0.3) is 0 Å². The average molecular weight is 449 g/mol. The van der Waals surface area contributed by atoms with E-state index in [1.54, 1.807) is 0 Å². The number of piperazine rings is 1. The third kappa shape index (κ3) is 4.95. The van der Waals surface area contributed by atoms with Gasteiger partial charge >= 0.3 is 0 Å². The van der Waals surface area contributed by atoms with Gasteiger partial charge in [0.2, 0.25) is 5.91 Å². The van der Waals surface area contributed by atoms with Crippen LogP contribution in [0.15, 0.2) is 89.4 Å². The lowest BCUT2D eigenvalue weighted by molar-refractivity contribution is -0.132. The molecule has 1 saturated heterocycles. The topological polar surface area (TPSA) is 23.6 Å². The molecule has 0 bridgehead atoms. The third-order valence-electron chi connectivity index (χ3n) is 5.53. The summed E-state index contributed by atoms with van der Waals surface area (Å²) in [5.74, 6) is 0.218. The Morgan fingerprint density at radius 2 is 1.31 bits per heavy atom. The summed E-state index contributed by atoms with van der Waals surface area (Å²) in [6.07, 6.45) is 0.482. The van der Waals surface area contributed by atoms with Crippen LogP contribution in [0.2, 0.25) is 0 Å². The Balaban J connectivity index is 1.47. The molecule has 29 heavy (non-hydrogen) atoms. The first-order valence-electron chi connectivity index (χ1n) is 10.1. The summed E-state index contributed by atoms with van der Waals surface area (Å²) in [4.78, 5) is 17.2. The highest BCUT2D eigenvalue weighted by Crippen LogP contribution is 2.30. The molecule has 148 valence electrons. The summed E-state index contributed by atoms with van der Waals surface area (Å²) in [6, 6.07) is 29.4. The van der Waals surface area contributed by atoms with Crippen molar-refractivity contribution in [1.29, 1.82) is 0 Å². The highest BCUT2D eigenvalue weighted by Gasteiger charge is 2.28. The van der Waals surface area contributed by atoms with Crippen molar-refractivity contribution < 1.29 is 4.79 Å². The number of hydrogen-bond donors (Lipinski definition) is 0. The minimum atomic E-state index is 0.204. The van der Waals surface area contributed by atoms with E-state index in [0.717, 1.165) is 36.2 Å². The fraction of sp³-hybridized carbons (Fsp3) is 0.240. The molecule has 1 aliphatic rings. The smallest absolute Gasteiger partial charge is 0.227 e. The Hall–Kier alpha value is -2.43. The molecule has 1 amide bonds. The van der Waals surface area contributed by atoms with Gasteiger partial charge in [-0.1, -0.05) is 88.7 Å². The number of nitrogens with zero attached hydrogens (tertiary/aromatic N) is 2. The van der Waals surface area contributed by atoms with Gasteiger partial charge in [0.05, 0.1) is 12.5 Å². The van der Waals surface area contributed by atoms with E-state index in [-0.39, 0.29) is 11.9 Å². The summed E-state index contributed by atoms with van der Waals surface area (Å²) in [6.45, 7) is 3.28. The summed E-state index contributed by atoms with van der Waals surface area (Å²) in [5.41, 5.74) is 3.65. The van der Waals surface area contributed by atoms with Crippen LogP contribution in [0, 0.1) is 0 Å². The first-order valence-corrected chi connectivity index (χ1v) is 10.9. The second-order valence-corrected chi connectivity index (χ2v) is 8.36. The molecule has 0 unspecified atom stereocenters. The van der Waals surface area contributed by atoms with Crippen LogP contribution in [0.1, 0.15) is 22.7 Å². The second-order valence-electron chi connectivity index (χ2n) is 7.44. The zero-order valence-electron chi connectivity index (χ0n) is 16.4. The number of carbonyl (C=O) groups is 1. The van der Waals surface area contributed by atoms with E-state index in [1.807, 2.05) is 35.2 Å². The van der Waals surface area contributed by atoms with E-state index in [1.165, 1.54) is 11.1 Å². The number of rotatable bonds is 5. The van der Waals surface area contributed by atoms with Gasteiger partial charge in [-0.3, -0.25) is 9.69 Å². The lowest BCUT2D eigenvalue weighted by atomic mass is 9.96. The third-order valence-corrected chi connectivity index (χ3v) is 6.06. The van der Waals surface area contributed by atoms with Gasteiger partial charge in [-0.05, 0) is 28.8 Å². The maximum absolute atomic E-state index is 12.7. The Labute approximate surface area is 181 Å². The van der Waals surface area contributed by atoms with Gasteiger partial charge in [0, 0.05) is 30.7 Å². The maximum atomic E-state index is 12.7. The van der Waals surface area contributed by atoms with Gasteiger partial charge in [0.15, 0.2) is 0 Å².